The normalized spacial score (nSPS) is 12.6. The lowest BCUT2D eigenvalue weighted by Gasteiger charge is -2.10. The van der Waals surface area contributed by atoms with Gasteiger partial charge in [-0.1, -0.05) is 18.3 Å². The molecule has 1 unspecified atom stereocenters. The number of rotatable bonds is 8. The summed E-state index contributed by atoms with van der Waals surface area (Å²) in [5.41, 5.74) is 2.11. The minimum Gasteiger partial charge on any atom is -0.481 e. The van der Waals surface area contributed by atoms with E-state index in [4.69, 9.17) is 5.11 Å². The van der Waals surface area contributed by atoms with Crippen molar-refractivity contribution in [2.24, 2.45) is 5.92 Å². The molecule has 114 valence electrons. The number of nitrogens with one attached hydrogen (secondary N) is 1. The van der Waals surface area contributed by atoms with E-state index in [-0.39, 0.29) is 12.0 Å². The van der Waals surface area contributed by atoms with Gasteiger partial charge in [0, 0.05) is 19.0 Å². The number of hydrogen-bond acceptors (Lipinski definition) is 6. The maximum absolute atomic E-state index is 11.7. The van der Waals surface area contributed by atoms with Gasteiger partial charge in [-0.15, -0.1) is 0 Å². The molecular formula is C13H18N4O3S. The number of carboxylic acids is 1. The molecule has 0 aliphatic rings. The molecule has 2 aromatic heterocycles. The van der Waals surface area contributed by atoms with E-state index in [1.807, 2.05) is 6.92 Å². The predicted octanol–water partition coefficient (Wildman–Crippen LogP) is 1.13. The summed E-state index contributed by atoms with van der Waals surface area (Å²) >= 11 is 1.33. The lowest BCUT2D eigenvalue weighted by Crippen LogP contribution is -2.21. The fourth-order valence-electron chi connectivity index (χ4n) is 1.97. The molecule has 0 amide bonds. The second-order valence-corrected chi connectivity index (χ2v) is 5.83. The monoisotopic (exact) mass is 310 g/mol. The molecular weight excluding hydrogens is 292 g/mol. The molecule has 8 heteroatoms. The summed E-state index contributed by atoms with van der Waals surface area (Å²) < 4.78 is 1.28. The third-order valence-corrected chi connectivity index (χ3v) is 3.89. The Morgan fingerprint density at radius 2 is 2.33 bits per heavy atom. The third kappa shape index (κ3) is 4.61. The quantitative estimate of drug-likeness (QED) is 0.710. The van der Waals surface area contributed by atoms with Crippen LogP contribution in [0.25, 0.3) is 4.96 Å². The first-order valence-electron chi connectivity index (χ1n) is 6.81. The molecule has 0 bridgehead atoms. The maximum atomic E-state index is 11.7. The van der Waals surface area contributed by atoms with Gasteiger partial charge >= 0.3 is 5.97 Å². The molecule has 2 N–H and O–H groups in total. The van der Waals surface area contributed by atoms with Crippen LogP contribution in [0.15, 0.2) is 16.4 Å². The first kappa shape index (κ1) is 15.6. The van der Waals surface area contributed by atoms with Crippen molar-refractivity contribution in [1.29, 1.82) is 0 Å². The van der Waals surface area contributed by atoms with Gasteiger partial charge in [-0.25, -0.2) is 4.98 Å². The largest absolute Gasteiger partial charge is 0.481 e. The maximum Gasteiger partial charge on any atom is 0.303 e. The molecule has 0 saturated heterocycles. The summed E-state index contributed by atoms with van der Waals surface area (Å²) in [5.74, 6) is -0.395. The van der Waals surface area contributed by atoms with Crippen molar-refractivity contribution >= 4 is 22.3 Å². The topological polar surface area (TPSA) is 96.6 Å². The highest BCUT2D eigenvalue weighted by molar-refractivity contribution is 7.14. The van der Waals surface area contributed by atoms with E-state index in [1.165, 1.54) is 21.9 Å². The number of carbonyl (C=O) groups is 1. The van der Waals surface area contributed by atoms with Gasteiger partial charge in [-0.2, -0.15) is 9.61 Å². The molecule has 0 aliphatic heterocycles. The van der Waals surface area contributed by atoms with Crippen molar-refractivity contribution in [3.63, 3.8) is 0 Å². The van der Waals surface area contributed by atoms with Crippen molar-refractivity contribution < 1.29 is 9.90 Å². The molecule has 2 aromatic rings. The van der Waals surface area contributed by atoms with Crippen LogP contribution in [0.5, 0.6) is 0 Å². The van der Waals surface area contributed by atoms with Crippen LogP contribution in [0.4, 0.5) is 0 Å². The van der Waals surface area contributed by atoms with E-state index in [2.05, 4.69) is 15.4 Å². The summed E-state index contributed by atoms with van der Waals surface area (Å²) in [6.45, 7) is 3.33. The van der Waals surface area contributed by atoms with Gasteiger partial charge in [-0.3, -0.25) is 9.59 Å². The van der Waals surface area contributed by atoms with Gasteiger partial charge in [0.25, 0.3) is 5.56 Å². The Hall–Kier alpha value is -1.80. The standard InChI is InChI=1S/C13H18N4O3S/c1-9(2-3-12(19)20)4-5-14-7-10-6-11(18)17-13(16-10)21-8-15-17/h6,8-9,14H,2-5,7H2,1H3,(H,19,20). The van der Waals surface area contributed by atoms with E-state index in [0.29, 0.717) is 29.5 Å². The summed E-state index contributed by atoms with van der Waals surface area (Å²) in [6, 6.07) is 1.48. The van der Waals surface area contributed by atoms with E-state index < -0.39 is 5.97 Å². The zero-order chi connectivity index (χ0) is 15.2. The van der Waals surface area contributed by atoms with Crippen LogP contribution >= 0.6 is 11.3 Å². The van der Waals surface area contributed by atoms with Crippen LogP contribution in [0.1, 0.15) is 31.9 Å². The Morgan fingerprint density at radius 3 is 3.10 bits per heavy atom. The molecule has 21 heavy (non-hydrogen) atoms. The number of aliphatic carboxylic acids is 1. The average Bonchev–Trinajstić information content (AvgIpc) is 2.90. The van der Waals surface area contributed by atoms with E-state index in [9.17, 15) is 9.59 Å². The molecule has 0 radical (unpaired) electrons. The molecule has 0 spiro atoms. The smallest absolute Gasteiger partial charge is 0.303 e. The second-order valence-electron chi connectivity index (χ2n) is 5.02. The summed E-state index contributed by atoms with van der Waals surface area (Å²) in [4.78, 5) is 27.2. The zero-order valence-electron chi connectivity index (χ0n) is 11.8. The molecule has 0 aliphatic carbocycles. The summed E-state index contributed by atoms with van der Waals surface area (Å²) in [6.07, 6.45) is 1.79. The van der Waals surface area contributed by atoms with Gasteiger partial charge in [0.15, 0.2) is 0 Å². The molecule has 2 rings (SSSR count). The zero-order valence-corrected chi connectivity index (χ0v) is 12.6. The summed E-state index contributed by atoms with van der Waals surface area (Å²) in [5, 5.41) is 15.8. The van der Waals surface area contributed by atoms with Crippen LogP contribution in [0.3, 0.4) is 0 Å². The van der Waals surface area contributed by atoms with Crippen LogP contribution in [0.2, 0.25) is 0 Å². The van der Waals surface area contributed by atoms with Gasteiger partial charge < -0.3 is 10.4 Å². The Bertz CT molecular complexity index is 667. The van der Waals surface area contributed by atoms with Crippen molar-refractivity contribution in [3.05, 3.63) is 27.6 Å². The van der Waals surface area contributed by atoms with Crippen LogP contribution in [0, 0.1) is 5.92 Å². The number of carboxylic acid groups (broad SMARTS) is 1. The fraction of sp³-hybridized carbons (Fsp3) is 0.538. The average molecular weight is 310 g/mol. The van der Waals surface area contributed by atoms with Crippen molar-refractivity contribution in [1.82, 2.24) is 19.9 Å². The minimum absolute atomic E-state index is 0.173. The van der Waals surface area contributed by atoms with Gasteiger partial charge in [0.1, 0.15) is 5.51 Å². The van der Waals surface area contributed by atoms with Crippen molar-refractivity contribution in [2.45, 2.75) is 32.7 Å². The number of aromatic nitrogens is 3. The van der Waals surface area contributed by atoms with Crippen LogP contribution in [-0.2, 0) is 11.3 Å². The Kier molecular flexibility index (Phi) is 5.40. The minimum atomic E-state index is -0.752. The SMILES string of the molecule is CC(CCNCc1cc(=O)n2ncsc2n1)CCC(=O)O. The van der Waals surface area contributed by atoms with Crippen molar-refractivity contribution in [3.8, 4) is 0 Å². The lowest BCUT2D eigenvalue weighted by atomic mass is 10.0. The van der Waals surface area contributed by atoms with Gasteiger partial charge in [0.2, 0.25) is 4.96 Å². The first-order valence-corrected chi connectivity index (χ1v) is 7.69. The lowest BCUT2D eigenvalue weighted by molar-refractivity contribution is -0.137. The van der Waals surface area contributed by atoms with Gasteiger partial charge in [-0.05, 0) is 25.3 Å². The van der Waals surface area contributed by atoms with Crippen LogP contribution < -0.4 is 10.9 Å². The highest BCUT2D eigenvalue weighted by Gasteiger charge is 2.06. The molecule has 7 nitrogen and oxygen atoms in total. The van der Waals surface area contributed by atoms with Crippen molar-refractivity contribution in [2.75, 3.05) is 6.54 Å². The molecule has 1 atom stereocenters. The third-order valence-electron chi connectivity index (χ3n) is 3.21. The Balaban J connectivity index is 1.77. The van der Waals surface area contributed by atoms with Crippen LogP contribution in [-0.4, -0.2) is 32.2 Å². The number of nitrogens with zero attached hydrogens (tertiary/aromatic N) is 3. The Morgan fingerprint density at radius 1 is 1.52 bits per heavy atom. The molecule has 0 aromatic carbocycles. The first-order chi connectivity index (χ1) is 10.1. The molecule has 2 heterocycles. The Labute approximate surface area is 125 Å². The predicted molar refractivity (Wildman–Crippen MR) is 79.5 cm³/mol. The molecule has 0 saturated carbocycles. The summed E-state index contributed by atoms with van der Waals surface area (Å²) in [7, 11) is 0. The number of fused-ring (bicyclic) bond motifs is 1. The highest BCUT2D eigenvalue weighted by Crippen LogP contribution is 2.09. The van der Waals surface area contributed by atoms with E-state index >= 15 is 0 Å². The van der Waals surface area contributed by atoms with Gasteiger partial charge in [0.05, 0.1) is 5.69 Å². The second kappa shape index (κ2) is 7.28. The van der Waals surface area contributed by atoms with E-state index in [0.717, 1.165) is 13.0 Å². The highest BCUT2D eigenvalue weighted by atomic mass is 32.1. The molecule has 0 fully saturated rings. The fourth-order valence-corrected chi connectivity index (χ4v) is 2.61. The van der Waals surface area contributed by atoms with E-state index in [1.54, 1.807) is 5.51 Å². The number of hydrogen-bond donors (Lipinski definition) is 2.